The van der Waals surface area contributed by atoms with Crippen molar-refractivity contribution in [3.8, 4) is 0 Å². The number of sulfonamides is 1. The summed E-state index contributed by atoms with van der Waals surface area (Å²) in [5.74, 6) is 0.702. The van der Waals surface area contributed by atoms with Crippen molar-refractivity contribution < 1.29 is 8.42 Å². The molecule has 0 amide bonds. The van der Waals surface area contributed by atoms with Crippen LogP contribution in [-0.4, -0.2) is 51.8 Å². The number of nitrogens with one attached hydrogen (secondary N) is 1. The fraction of sp³-hybridized carbons (Fsp3) is 0.350. The molecule has 2 aromatic rings. The lowest BCUT2D eigenvalue weighted by atomic mass is 10.1. The predicted octanol–water partition coefficient (Wildman–Crippen LogP) is 2.45. The maximum absolute atomic E-state index is 12.5. The fourth-order valence-electron chi connectivity index (χ4n) is 2.70. The van der Waals surface area contributed by atoms with Crippen LogP contribution in [-0.2, 0) is 23.1 Å². The predicted molar refractivity (Wildman–Crippen MR) is 110 cm³/mol. The molecular formula is C20H28N4O2S. The minimum atomic E-state index is -3.50. The molecule has 0 fully saturated rings. The van der Waals surface area contributed by atoms with Crippen molar-refractivity contribution in [1.29, 1.82) is 0 Å². The van der Waals surface area contributed by atoms with Crippen molar-refractivity contribution in [3.05, 3.63) is 65.2 Å². The molecule has 2 aromatic carbocycles. The van der Waals surface area contributed by atoms with Gasteiger partial charge in [-0.3, -0.25) is 4.99 Å². The van der Waals surface area contributed by atoms with Crippen molar-refractivity contribution in [2.24, 2.45) is 4.99 Å². The molecule has 0 radical (unpaired) electrons. The summed E-state index contributed by atoms with van der Waals surface area (Å²) in [7, 11) is 3.25. The van der Waals surface area contributed by atoms with Crippen LogP contribution in [0.5, 0.6) is 0 Å². The standard InChI is InChI=1S/C20H28N4O2S/c1-16-10-12-17(13-11-16)15-24(5)20(21-2)22-14-18-8-6-7-9-19(18)27(25,26)23(3)4/h6-13H,14-15H2,1-5H3,(H,21,22). The Labute approximate surface area is 162 Å². The summed E-state index contributed by atoms with van der Waals surface area (Å²) in [6, 6.07) is 15.4. The summed E-state index contributed by atoms with van der Waals surface area (Å²) in [6.07, 6.45) is 0. The van der Waals surface area contributed by atoms with E-state index in [9.17, 15) is 8.42 Å². The molecule has 0 unspecified atom stereocenters. The Morgan fingerprint density at radius 1 is 1.04 bits per heavy atom. The van der Waals surface area contributed by atoms with Crippen molar-refractivity contribution in [3.63, 3.8) is 0 Å². The molecule has 0 aromatic heterocycles. The van der Waals surface area contributed by atoms with E-state index in [2.05, 4.69) is 41.5 Å². The first-order valence-corrected chi connectivity index (χ1v) is 10.2. The summed E-state index contributed by atoms with van der Waals surface area (Å²) in [6.45, 7) is 3.14. The largest absolute Gasteiger partial charge is 0.352 e. The molecule has 6 nitrogen and oxygen atoms in total. The Morgan fingerprint density at radius 3 is 2.26 bits per heavy atom. The minimum Gasteiger partial charge on any atom is -0.352 e. The number of hydrogen-bond donors (Lipinski definition) is 1. The molecule has 0 aliphatic rings. The number of aliphatic imine (C=N–C) groups is 1. The minimum absolute atomic E-state index is 0.305. The highest BCUT2D eigenvalue weighted by atomic mass is 32.2. The van der Waals surface area contributed by atoms with Gasteiger partial charge in [0.2, 0.25) is 10.0 Å². The summed E-state index contributed by atoms with van der Waals surface area (Å²) in [4.78, 5) is 6.63. The molecule has 0 spiro atoms. The van der Waals surface area contributed by atoms with E-state index in [1.54, 1.807) is 19.2 Å². The number of aryl methyl sites for hydroxylation is 1. The number of benzene rings is 2. The van der Waals surface area contributed by atoms with E-state index in [1.165, 1.54) is 29.5 Å². The van der Waals surface area contributed by atoms with E-state index < -0.39 is 10.0 Å². The van der Waals surface area contributed by atoms with Gasteiger partial charge >= 0.3 is 0 Å². The molecule has 0 aliphatic heterocycles. The van der Waals surface area contributed by atoms with Crippen LogP contribution < -0.4 is 5.32 Å². The molecule has 7 heteroatoms. The zero-order chi connectivity index (χ0) is 20.0. The monoisotopic (exact) mass is 388 g/mol. The lowest BCUT2D eigenvalue weighted by Crippen LogP contribution is -2.38. The molecule has 0 atom stereocenters. The van der Waals surface area contributed by atoms with E-state index in [4.69, 9.17) is 0 Å². The molecule has 1 N–H and O–H groups in total. The Morgan fingerprint density at radius 2 is 1.67 bits per heavy atom. The second-order valence-electron chi connectivity index (χ2n) is 6.64. The maximum Gasteiger partial charge on any atom is 0.242 e. The second-order valence-corrected chi connectivity index (χ2v) is 8.76. The van der Waals surface area contributed by atoms with Gasteiger partial charge in [-0.15, -0.1) is 0 Å². The van der Waals surface area contributed by atoms with Crippen LogP contribution in [0.15, 0.2) is 58.4 Å². The second kappa shape index (κ2) is 9.01. The third kappa shape index (κ3) is 5.30. The summed E-state index contributed by atoms with van der Waals surface area (Å²) in [5.41, 5.74) is 3.11. The number of guanidine groups is 1. The fourth-order valence-corrected chi connectivity index (χ4v) is 3.81. The third-order valence-electron chi connectivity index (χ3n) is 4.28. The van der Waals surface area contributed by atoms with Crippen LogP contribution in [0, 0.1) is 6.92 Å². The van der Waals surface area contributed by atoms with Gasteiger partial charge in [0, 0.05) is 41.3 Å². The Kier molecular flexibility index (Phi) is 6.98. The van der Waals surface area contributed by atoms with Gasteiger partial charge < -0.3 is 10.2 Å². The highest BCUT2D eigenvalue weighted by Gasteiger charge is 2.20. The molecule has 0 saturated carbocycles. The third-order valence-corrected chi connectivity index (χ3v) is 6.20. The van der Waals surface area contributed by atoms with Gasteiger partial charge in [-0.1, -0.05) is 48.0 Å². The Hall–Kier alpha value is -2.38. The first-order chi connectivity index (χ1) is 12.8. The SMILES string of the molecule is CN=C(NCc1ccccc1S(=O)(=O)N(C)C)N(C)Cc1ccc(C)cc1. The zero-order valence-electron chi connectivity index (χ0n) is 16.6. The van der Waals surface area contributed by atoms with E-state index >= 15 is 0 Å². The number of hydrogen-bond acceptors (Lipinski definition) is 3. The maximum atomic E-state index is 12.5. The van der Waals surface area contributed by atoms with Crippen molar-refractivity contribution in [2.45, 2.75) is 24.9 Å². The molecule has 0 aliphatic carbocycles. The van der Waals surface area contributed by atoms with E-state index in [-0.39, 0.29) is 0 Å². The van der Waals surface area contributed by atoms with Gasteiger partial charge in [-0.2, -0.15) is 0 Å². The van der Waals surface area contributed by atoms with Gasteiger partial charge in [0.05, 0.1) is 4.90 Å². The first kappa shape index (κ1) is 20.9. The topological polar surface area (TPSA) is 65.0 Å². The lowest BCUT2D eigenvalue weighted by Gasteiger charge is -2.23. The van der Waals surface area contributed by atoms with Gasteiger partial charge in [0.15, 0.2) is 5.96 Å². The normalized spacial score (nSPS) is 12.3. The van der Waals surface area contributed by atoms with E-state index in [1.807, 2.05) is 24.1 Å². The summed E-state index contributed by atoms with van der Waals surface area (Å²) >= 11 is 0. The average Bonchev–Trinajstić information content (AvgIpc) is 2.64. The molecule has 2 rings (SSSR count). The smallest absolute Gasteiger partial charge is 0.242 e. The van der Waals surface area contributed by atoms with Crippen molar-refractivity contribution >= 4 is 16.0 Å². The quantitative estimate of drug-likeness (QED) is 0.610. The van der Waals surface area contributed by atoms with Crippen molar-refractivity contribution in [2.75, 3.05) is 28.2 Å². The van der Waals surface area contributed by atoms with Crippen LogP contribution in [0.2, 0.25) is 0 Å². The highest BCUT2D eigenvalue weighted by Crippen LogP contribution is 2.18. The summed E-state index contributed by atoms with van der Waals surface area (Å²) in [5, 5.41) is 3.26. The Balaban J connectivity index is 2.12. The average molecular weight is 389 g/mol. The van der Waals surface area contributed by atoms with Crippen LogP contribution in [0.25, 0.3) is 0 Å². The first-order valence-electron chi connectivity index (χ1n) is 8.73. The van der Waals surface area contributed by atoms with Gasteiger partial charge in [0.1, 0.15) is 0 Å². The summed E-state index contributed by atoms with van der Waals surface area (Å²) < 4.78 is 26.3. The molecule has 0 heterocycles. The van der Waals surface area contributed by atoms with E-state index in [0.717, 1.165) is 0 Å². The molecular weight excluding hydrogens is 360 g/mol. The van der Waals surface area contributed by atoms with Gasteiger partial charge in [-0.05, 0) is 24.1 Å². The van der Waals surface area contributed by atoms with Gasteiger partial charge in [-0.25, -0.2) is 12.7 Å². The van der Waals surface area contributed by atoms with Crippen LogP contribution >= 0.6 is 0 Å². The van der Waals surface area contributed by atoms with Crippen LogP contribution in [0.1, 0.15) is 16.7 Å². The molecule has 0 bridgehead atoms. The molecule has 0 saturated heterocycles. The molecule has 146 valence electrons. The lowest BCUT2D eigenvalue weighted by molar-refractivity contribution is 0.476. The molecule has 27 heavy (non-hydrogen) atoms. The van der Waals surface area contributed by atoms with E-state index in [0.29, 0.717) is 29.5 Å². The van der Waals surface area contributed by atoms with Crippen molar-refractivity contribution in [1.82, 2.24) is 14.5 Å². The Bertz CT molecular complexity index is 890. The van der Waals surface area contributed by atoms with Crippen LogP contribution in [0.4, 0.5) is 0 Å². The number of rotatable bonds is 6. The number of nitrogens with zero attached hydrogens (tertiary/aromatic N) is 3. The highest BCUT2D eigenvalue weighted by molar-refractivity contribution is 7.89. The van der Waals surface area contributed by atoms with Crippen LogP contribution in [0.3, 0.4) is 0 Å². The zero-order valence-corrected chi connectivity index (χ0v) is 17.4. The van der Waals surface area contributed by atoms with Gasteiger partial charge in [0.25, 0.3) is 0 Å².